The van der Waals surface area contributed by atoms with Gasteiger partial charge in [-0.3, -0.25) is 9.48 Å². The van der Waals surface area contributed by atoms with E-state index in [2.05, 4.69) is 9.82 Å². The van der Waals surface area contributed by atoms with Gasteiger partial charge in [0.2, 0.25) is 10.0 Å². The Morgan fingerprint density at radius 1 is 1.38 bits per heavy atom. The second-order valence-corrected chi connectivity index (χ2v) is 6.92. The summed E-state index contributed by atoms with van der Waals surface area (Å²) in [5.41, 5.74) is 0.474. The lowest BCUT2D eigenvalue weighted by molar-refractivity contribution is -0.137. The quantitative estimate of drug-likeness (QED) is 0.644. The Morgan fingerprint density at radius 2 is 1.95 bits per heavy atom. The number of aliphatic carboxylic acids is 1. The van der Waals surface area contributed by atoms with Crippen LogP contribution < -0.4 is 4.72 Å². The van der Waals surface area contributed by atoms with Crippen molar-refractivity contribution in [3.05, 3.63) is 11.4 Å². The number of carboxylic acids is 1. The van der Waals surface area contributed by atoms with Gasteiger partial charge >= 0.3 is 5.97 Å². The predicted octanol–water partition coefficient (Wildman–Crippen LogP) is -0.120. The van der Waals surface area contributed by atoms with Gasteiger partial charge < -0.3 is 10.2 Å². The van der Waals surface area contributed by atoms with Crippen molar-refractivity contribution in [1.82, 2.24) is 14.5 Å². The van der Waals surface area contributed by atoms with Crippen molar-refractivity contribution in [3.63, 3.8) is 0 Å². The number of nitrogens with one attached hydrogen (secondary N) is 1. The number of carboxylic acid groups (broad SMARTS) is 1. The van der Waals surface area contributed by atoms with E-state index in [0.29, 0.717) is 0 Å². The summed E-state index contributed by atoms with van der Waals surface area (Å²) in [6, 6.07) is 0. The summed E-state index contributed by atoms with van der Waals surface area (Å²) in [4.78, 5) is 10.7. The summed E-state index contributed by atoms with van der Waals surface area (Å²) in [7, 11) is -3.85. The molecule has 9 heteroatoms. The van der Waals surface area contributed by atoms with Crippen LogP contribution in [0.25, 0.3) is 0 Å². The standard InChI is InChI=1S/C12H21N3O5S/c1-7(2)10(16)5-13-21(19,20)12-8(3)14-15(9(12)4)6-11(17)18/h7,10,13,16H,5-6H2,1-4H3,(H,17,18). The number of aromatic nitrogens is 2. The largest absolute Gasteiger partial charge is 0.480 e. The van der Waals surface area contributed by atoms with Crippen LogP contribution in [-0.4, -0.2) is 47.0 Å². The van der Waals surface area contributed by atoms with Crippen LogP contribution in [0.15, 0.2) is 4.90 Å². The number of rotatable bonds is 7. The minimum absolute atomic E-state index is 0.0419. The maximum atomic E-state index is 12.3. The monoisotopic (exact) mass is 319 g/mol. The highest BCUT2D eigenvalue weighted by Crippen LogP contribution is 2.19. The van der Waals surface area contributed by atoms with Gasteiger partial charge in [-0.2, -0.15) is 5.10 Å². The zero-order chi connectivity index (χ0) is 16.4. The Morgan fingerprint density at radius 3 is 2.43 bits per heavy atom. The topological polar surface area (TPSA) is 122 Å². The average Bonchev–Trinajstić information content (AvgIpc) is 2.61. The van der Waals surface area contributed by atoms with Gasteiger partial charge in [0.05, 0.1) is 17.5 Å². The van der Waals surface area contributed by atoms with Crippen molar-refractivity contribution >= 4 is 16.0 Å². The summed E-state index contributed by atoms with van der Waals surface area (Å²) >= 11 is 0. The predicted molar refractivity (Wildman–Crippen MR) is 75.4 cm³/mol. The lowest BCUT2D eigenvalue weighted by Crippen LogP contribution is -2.35. The zero-order valence-corrected chi connectivity index (χ0v) is 13.3. The highest BCUT2D eigenvalue weighted by atomic mass is 32.2. The fourth-order valence-electron chi connectivity index (χ4n) is 1.85. The molecule has 1 unspecified atom stereocenters. The summed E-state index contributed by atoms with van der Waals surface area (Å²) in [6.45, 7) is 6.04. The first kappa shape index (κ1) is 17.6. The molecule has 0 aromatic carbocycles. The second-order valence-electron chi connectivity index (χ2n) is 5.21. The van der Waals surface area contributed by atoms with E-state index in [-0.39, 0.29) is 28.7 Å². The molecule has 0 aliphatic carbocycles. The van der Waals surface area contributed by atoms with Gasteiger partial charge in [-0.05, 0) is 19.8 Å². The first-order valence-electron chi connectivity index (χ1n) is 6.49. The summed E-state index contributed by atoms with van der Waals surface area (Å²) in [6.07, 6.45) is -0.797. The fourth-order valence-corrected chi connectivity index (χ4v) is 3.31. The van der Waals surface area contributed by atoms with Crippen LogP contribution in [0.3, 0.4) is 0 Å². The van der Waals surface area contributed by atoms with Crippen molar-refractivity contribution in [1.29, 1.82) is 0 Å². The molecular weight excluding hydrogens is 298 g/mol. The molecule has 0 amide bonds. The summed E-state index contributed by atoms with van der Waals surface area (Å²) in [5, 5.41) is 22.4. The van der Waals surface area contributed by atoms with E-state index >= 15 is 0 Å². The molecule has 1 aromatic heterocycles. The molecule has 0 saturated heterocycles. The molecule has 0 aliphatic heterocycles. The molecule has 120 valence electrons. The molecule has 0 aliphatic rings. The van der Waals surface area contributed by atoms with Crippen LogP contribution in [0.2, 0.25) is 0 Å². The Hall–Kier alpha value is -1.45. The van der Waals surface area contributed by atoms with Gasteiger partial charge in [0.1, 0.15) is 11.4 Å². The summed E-state index contributed by atoms with van der Waals surface area (Å²) < 4.78 is 28.0. The molecule has 1 rings (SSSR count). The number of nitrogens with zero attached hydrogens (tertiary/aromatic N) is 2. The number of aryl methyl sites for hydroxylation is 1. The van der Waals surface area contributed by atoms with Gasteiger partial charge in [0.25, 0.3) is 0 Å². The van der Waals surface area contributed by atoms with Crippen molar-refractivity contribution in [2.24, 2.45) is 5.92 Å². The molecule has 0 spiro atoms. The van der Waals surface area contributed by atoms with Crippen LogP contribution in [0, 0.1) is 19.8 Å². The number of carbonyl (C=O) groups is 1. The zero-order valence-electron chi connectivity index (χ0n) is 12.5. The Balaban J connectivity index is 3.03. The van der Waals surface area contributed by atoms with Gasteiger partial charge in [0, 0.05) is 6.54 Å². The van der Waals surface area contributed by atoms with E-state index in [1.54, 1.807) is 13.8 Å². The second kappa shape index (κ2) is 6.54. The highest BCUT2D eigenvalue weighted by Gasteiger charge is 2.26. The number of hydrogen-bond donors (Lipinski definition) is 3. The highest BCUT2D eigenvalue weighted by molar-refractivity contribution is 7.89. The van der Waals surface area contributed by atoms with Crippen LogP contribution >= 0.6 is 0 Å². The van der Waals surface area contributed by atoms with Crippen molar-refractivity contribution in [2.75, 3.05) is 6.54 Å². The van der Waals surface area contributed by atoms with Crippen molar-refractivity contribution in [3.8, 4) is 0 Å². The smallest absolute Gasteiger partial charge is 0.325 e. The minimum Gasteiger partial charge on any atom is -0.480 e. The number of hydrogen-bond acceptors (Lipinski definition) is 5. The Bertz CT molecular complexity index is 621. The van der Waals surface area contributed by atoms with Crippen LogP contribution in [0.1, 0.15) is 25.2 Å². The molecule has 8 nitrogen and oxygen atoms in total. The van der Waals surface area contributed by atoms with E-state index in [0.717, 1.165) is 4.68 Å². The number of sulfonamides is 1. The maximum absolute atomic E-state index is 12.3. The number of aliphatic hydroxyl groups excluding tert-OH is 1. The molecule has 0 saturated carbocycles. The lowest BCUT2D eigenvalue weighted by Gasteiger charge is -2.15. The van der Waals surface area contributed by atoms with E-state index < -0.39 is 28.6 Å². The van der Waals surface area contributed by atoms with Crippen LogP contribution in [-0.2, 0) is 21.4 Å². The average molecular weight is 319 g/mol. The Labute approximate surface area is 123 Å². The molecule has 3 N–H and O–H groups in total. The molecule has 1 heterocycles. The first-order valence-corrected chi connectivity index (χ1v) is 7.98. The third kappa shape index (κ3) is 4.26. The molecule has 21 heavy (non-hydrogen) atoms. The normalized spacial score (nSPS) is 13.6. The number of aliphatic hydroxyl groups is 1. The van der Waals surface area contributed by atoms with E-state index in [9.17, 15) is 18.3 Å². The van der Waals surface area contributed by atoms with Crippen molar-refractivity contribution in [2.45, 2.75) is 45.2 Å². The molecule has 0 bridgehead atoms. The Kier molecular flexibility index (Phi) is 5.48. The first-order chi connectivity index (χ1) is 9.56. The SMILES string of the molecule is Cc1nn(CC(=O)O)c(C)c1S(=O)(=O)NCC(O)C(C)C. The van der Waals surface area contributed by atoms with Crippen LogP contribution in [0.5, 0.6) is 0 Å². The fraction of sp³-hybridized carbons (Fsp3) is 0.667. The van der Waals surface area contributed by atoms with Crippen molar-refractivity contribution < 1.29 is 23.4 Å². The van der Waals surface area contributed by atoms with Gasteiger partial charge in [-0.15, -0.1) is 0 Å². The van der Waals surface area contributed by atoms with Crippen LogP contribution in [0.4, 0.5) is 0 Å². The van der Waals surface area contributed by atoms with Gasteiger partial charge in [-0.1, -0.05) is 13.8 Å². The van der Waals surface area contributed by atoms with E-state index in [1.807, 2.05) is 0 Å². The lowest BCUT2D eigenvalue weighted by atomic mass is 10.1. The molecule has 0 radical (unpaired) electrons. The van der Waals surface area contributed by atoms with E-state index in [1.165, 1.54) is 13.8 Å². The molecule has 1 aromatic rings. The molecule has 0 fully saturated rings. The van der Waals surface area contributed by atoms with Gasteiger partial charge in [-0.25, -0.2) is 13.1 Å². The minimum atomic E-state index is -3.85. The molecular formula is C12H21N3O5S. The van der Waals surface area contributed by atoms with Gasteiger partial charge in [0.15, 0.2) is 0 Å². The van der Waals surface area contributed by atoms with E-state index in [4.69, 9.17) is 5.11 Å². The summed E-state index contributed by atoms with van der Waals surface area (Å²) in [5.74, 6) is -1.18. The maximum Gasteiger partial charge on any atom is 0.325 e. The molecule has 1 atom stereocenters. The third-order valence-corrected chi connectivity index (χ3v) is 4.80. The third-order valence-electron chi connectivity index (χ3n) is 3.12.